The van der Waals surface area contributed by atoms with Gasteiger partial charge in [-0.1, -0.05) is 0 Å². The zero-order chi connectivity index (χ0) is 16.7. The number of hydrogen-bond acceptors (Lipinski definition) is 4. The van der Waals surface area contributed by atoms with Crippen molar-refractivity contribution in [1.82, 2.24) is 9.88 Å². The van der Waals surface area contributed by atoms with E-state index in [2.05, 4.69) is 20.4 Å². The number of carbonyl (C=O) groups excluding carboxylic acids is 2. The molecule has 0 radical (unpaired) electrons. The fraction of sp³-hybridized carbons (Fsp3) is 0.188. The molecule has 120 valence electrons. The molecule has 0 spiro atoms. The van der Waals surface area contributed by atoms with Gasteiger partial charge in [0.05, 0.1) is 7.11 Å². The molecule has 0 fully saturated rings. The van der Waals surface area contributed by atoms with Gasteiger partial charge in [-0.05, 0) is 42.0 Å². The first-order valence-corrected chi connectivity index (χ1v) is 6.94. The highest BCUT2D eigenvalue weighted by Crippen LogP contribution is 2.14. The summed E-state index contributed by atoms with van der Waals surface area (Å²) < 4.78 is 4.51. The molecule has 0 unspecified atom stereocenters. The minimum Gasteiger partial charge on any atom is -0.453 e. The van der Waals surface area contributed by atoms with Crippen LogP contribution in [0.25, 0.3) is 0 Å². The molecule has 0 aliphatic heterocycles. The van der Waals surface area contributed by atoms with E-state index in [9.17, 15) is 9.59 Å². The third kappa shape index (κ3) is 4.99. The van der Waals surface area contributed by atoms with Crippen molar-refractivity contribution < 1.29 is 14.3 Å². The predicted octanol–water partition coefficient (Wildman–Crippen LogP) is 2.92. The summed E-state index contributed by atoms with van der Waals surface area (Å²) in [5.74, 6) is 0. The van der Waals surface area contributed by atoms with Gasteiger partial charge in [-0.25, -0.2) is 9.59 Å². The molecule has 0 aliphatic carbocycles. The Hall–Kier alpha value is -3.09. The number of pyridine rings is 1. The van der Waals surface area contributed by atoms with Crippen molar-refractivity contribution >= 4 is 23.5 Å². The Morgan fingerprint density at radius 2 is 1.61 bits per heavy atom. The van der Waals surface area contributed by atoms with E-state index in [1.165, 1.54) is 7.11 Å². The number of rotatable bonds is 4. The lowest BCUT2D eigenvalue weighted by Crippen LogP contribution is -2.30. The van der Waals surface area contributed by atoms with E-state index in [1.54, 1.807) is 48.6 Å². The standard InChI is InChI=1S/C16H18N4O3/c1-20(11-12-7-9-17-10-8-12)15(21)18-13-3-5-14(6-4-13)19-16(22)23-2/h3-10H,11H2,1-2H3,(H,18,21)(H,19,22). The summed E-state index contributed by atoms with van der Waals surface area (Å²) in [6, 6.07) is 10.2. The average Bonchev–Trinajstić information content (AvgIpc) is 2.57. The van der Waals surface area contributed by atoms with E-state index in [-0.39, 0.29) is 6.03 Å². The monoisotopic (exact) mass is 314 g/mol. The van der Waals surface area contributed by atoms with Crippen molar-refractivity contribution in [3.05, 3.63) is 54.4 Å². The minimum absolute atomic E-state index is 0.226. The highest BCUT2D eigenvalue weighted by molar-refractivity contribution is 5.90. The minimum atomic E-state index is -0.543. The molecule has 0 aliphatic rings. The zero-order valence-electron chi connectivity index (χ0n) is 12.9. The van der Waals surface area contributed by atoms with Gasteiger partial charge < -0.3 is 15.0 Å². The Bertz CT molecular complexity index is 659. The Labute approximate surface area is 134 Å². The summed E-state index contributed by atoms with van der Waals surface area (Å²) in [6.07, 6.45) is 2.83. The van der Waals surface area contributed by atoms with Crippen molar-refractivity contribution in [2.24, 2.45) is 0 Å². The molecular weight excluding hydrogens is 296 g/mol. The van der Waals surface area contributed by atoms with Crippen LogP contribution >= 0.6 is 0 Å². The molecule has 0 saturated carbocycles. The van der Waals surface area contributed by atoms with Crippen molar-refractivity contribution in [2.45, 2.75) is 6.54 Å². The largest absolute Gasteiger partial charge is 0.453 e. The number of urea groups is 1. The fourth-order valence-corrected chi connectivity index (χ4v) is 1.86. The number of aromatic nitrogens is 1. The molecule has 2 aromatic rings. The van der Waals surface area contributed by atoms with E-state index in [1.807, 2.05) is 12.1 Å². The lowest BCUT2D eigenvalue weighted by atomic mass is 10.2. The Balaban J connectivity index is 1.90. The predicted molar refractivity (Wildman–Crippen MR) is 87.2 cm³/mol. The SMILES string of the molecule is COC(=O)Nc1ccc(NC(=O)N(C)Cc2ccncc2)cc1. The number of anilines is 2. The number of amides is 3. The molecule has 1 aromatic carbocycles. The summed E-state index contributed by atoms with van der Waals surface area (Å²) in [5, 5.41) is 5.32. The van der Waals surface area contributed by atoms with E-state index in [4.69, 9.17) is 0 Å². The van der Waals surface area contributed by atoms with Gasteiger partial charge in [-0.2, -0.15) is 0 Å². The second kappa shape index (κ2) is 7.79. The van der Waals surface area contributed by atoms with Crippen LogP contribution in [0.4, 0.5) is 21.0 Å². The van der Waals surface area contributed by atoms with Crippen LogP contribution in [0.3, 0.4) is 0 Å². The topological polar surface area (TPSA) is 83.6 Å². The molecule has 0 atom stereocenters. The number of ether oxygens (including phenoxy) is 1. The second-order valence-electron chi connectivity index (χ2n) is 4.84. The summed E-state index contributed by atoms with van der Waals surface area (Å²) in [7, 11) is 3.01. The molecule has 2 rings (SSSR count). The van der Waals surface area contributed by atoms with Crippen molar-refractivity contribution in [1.29, 1.82) is 0 Å². The fourth-order valence-electron chi connectivity index (χ4n) is 1.86. The van der Waals surface area contributed by atoms with Gasteiger partial charge in [-0.15, -0.1) is 0 Å². The van der Waals surface area contributed by atoms with Crippen LogP contribution in [0.2, 0.25) is 0 Å². The molecular formula is C16H18N4O3. The second-order valence-corrected chi connectivity index (χ2v) is 4.84. The molecule has 2 N–H and O–H groups in total. The number of methoxy groups -OCH3 is 1. The molecule has 0 saturated heterocycles. The van der Waals surface area contributed by atoms with Crippen LogP contribution < -0.4 is 10.6 Å². The smallest absolute Gasteiger partial charge is 0.411 e. The molecule has 3 amide bonds. The van der Waals surface area contributed by atoms with Crippen LogP contribution in [-0.4, -0.2) is 36.2 Å². The maximum atomic E-state index is 12.1. The summed E-state index contributed by atoms with van der Waals surface area (Å²) in [5.41, 5.74) is 2.21. The summed E-state index contributed by atoms with van der Waals surface area (Å²) in [4.78, 5) is 28.7. The van der Waals surface area contributed by atoms with Crippen LogP contribution in [0, 0.1) is 0 Å². The molecule has 7 nitrogen and oxygen atoms in total. The van der Waals surface area contributed by atoms with Crippen LogP contribution in [0.15, 0.2) is 48.8 Å². The highest BCUT2D eigenvalue weighted by Gasteiger charge is 2.09. The molecule has 7 heteroatoms. The Morgan fingerprint density at radius 1 is 1.04 bits per heavy atom. The van der Waals surface area contributed by atoms with Gasteiger partial charge in [0.2, 0.25) is 0 Å². The Morgan fingerprint density at radius 3 is 2.17 bits per heavy atom. The van der Waals surface area contributed by atoms with Gasteiger partial charge in [-0.3, -0.25) is 10.3 Å². The first-order chi connectivity index (χ1) is 11.1. The normalized spacial score (nSPS) is 9.83. The number of nitrogens with one attached hydrogen (secondary N) is 2. The maximum Gasteiger partial charge on any atom is 0.411 e. The van der Waals surface area contributed by atoms with Gasteiger partial charge >= 0.3 is 12.1 Å². The highest BCUT2D eigenvalue weighted by atomic mass is 16.5. The van der Waals surface area contributed by atoms with Crippen LogP contribution in [0.5, 0.6) is 0 Å². The van der Waals surface area contributed by atoms with E-state index in [0.29, 0.717) is 17.9 Å². The van der Waals surface area contributed by atoms with Gasteiger partial charge in [0, 0.05) is 37.4 Å². The van der Waals surface area contributed by atoms with E-state index in [0.717, 1.165) is 5.56 Å². The van der Waals surface area contributed by atoms with Gasteiger partial charge in [0.25, 0.3) is 0 Å². The molecule has 1 aromatic heterocycles. The third-order valence-corrected chi connectivity index (χ3v) is 3.08. The number of nitrogens with zero attached hydrogens (tertiary/aromatic N) is 2. The van der Waals surface area contributed by atoms with Crippen LogP contribution in [-0.2, 0) is 11.3 Å². The van der Waals surface area contributed by atoms with E-state index >= 15 is 0 Å². The molecule has 0 bridgehead atoms. The van der Waals surface area contributed by atoms with Gasteiger partial charge in [0.15, 0.2) is 0 Å². The Kier molecular flexibility index (Phi) is 5.51. The number of benzene rings is 1. The van der Waals surface area contributed by atoms with Gasteiger partial charge in [0.1, 0.15) is 0 Å². The quantitative estimate of drug-likeness (QED) is 0.909. The summed E-state index contributed by atoms with van der Waals surface area (Å²) in [6.45, 7) is 0.482. The first kappa shape index (κ1) is 16.3. The number of carbonyl (C=O) groups is 2. The van der Waals surface area contributed by atoms with Crippen molar-refractivity contribution in [3.8, 4) is 0 Å². The molecule has 1 heterocycles. The lowest BCUT2D eigenvalue weighted by molar-refractivity contribution is 0.187. The third-order valence-electron chi connectivity index (χ3n) is 3.08. The number of hydrogen-bond donors (Lipinski definition) is 2. The van der Waals surface area contributed by atoms with E-state index < -0.39 is 6.09 Å². The van der Waals surface area contributed by atoms with Crippen molar-refractivity contribution in [3.63, 3.8) is 0 Å². The van der Waals surface area contributed by atoms with Crippen LogP contribution in [0.1, 0.15) is 5.56 Å². The maximum absolute atomic E-state index is 12.1. The molecule has 23 heavy (non-hydrogen) atoms. The summed E-state index contributed by atoms with van der Waals surface area (Å²) >= 11 is 0. The average molecular weight is 314 g/mol. The first-order valence-electron chi connectivity index (χ1n) is 6.94. The zero-order valence-corrected chi connectivity index (χ0v) is 12.9. The lowest BCUT2D eigenvalue weighted by Gasteiger charge is -2.18. The van der Waals surface area contributed by atoms with Crippen molar-refractivity contribution in [2.75, 3.05) is 24.8 Å².